The Morgan fingerprint density at radius 3 is 2.31 bits per heavy atom. The zero-order valence-corrected chi connectivity index (χ0v) is 8.40. The molecule has 2 rings (SSSR count). The first kappa shape index (κ1) is 8.63. The summed E-state index contributed by atoms with van der Waals surface area (Å²) in [5, 5.41) is 0. The van der Waals surface area contributed by atoms with Crippen molar-refractivity contribution in [2.75, 3.05) is 38.1 Å². The monoisotopic (exact) mass is 179 g/mol. The summed E-state index contributed by atoms with van der Waals surface area (Å²) in [4.78, 5) is 4.82. The topological polar surface area (TPSA) is 11.4 Å². The average molecular weight is 179 g/mol. The number of aryl methyl sites for hydroxylation is 1. The van der Waals surface area contributed by atoms with Gasteiger partial charge in [0, 0.05) is 45.6 Å². The summed E-state index contributed by atoms with van der Waals surface area (Å²) >= 11 is 0. The molecule has 1 aliphatic rings. The Morgan fingerprint density at radius 2 is 1.77 bits per heavy atom. The van der Waals surface area contributed by atoms with Crippen molar-refractivity contribution in [2.45, 2.75) is 0 Å². The van der Waals surface area contributed by atoms with Gasteiger partial charge in [-0.2, -0.15) is 0 Å². The lowest BCUT2D eigenvalue weighted by Crippen LogP contribution is -2.44. The lowest BCUT2D eigenvalue weighted by Gasteiger charge is -2.33. The standard InChI is InChI=1S/C10H17N3/c1-11-5-7-13(8-6-11)10-3-4-12(2)9-10/h3-4,9H,5-8H2,1-2H3. The quantitative estimate of drug-likeness (QED) is 0.631. The molecule has 0 aromatic carbocycles. The lowest BCUT2D eigenvalue weighted by molar-refractivity contribution is 0.313. The first-order valence-corrected chi connectivity index (χ1v) is 4.81. The Hall–Kier alpha value is -0.960. The number of anilines is 1. The van der Waals surface area contributed by atoms with Crippen LogP contribution >= 0.6 is 0 Å². The van der Waals surface area contributed by atoms with Crippen molar-refractivity contribution in [3.8, 4) is 0 Å². The molecule has 0 amide bonds. The highest BCUT2D eigenvalue weighted by atomic mass is 15.3. The molecule has 0 atom stereocenters. The van der Waals surface area contributed by atoms with Crippen LogP contribution in [0.5, 0.6) is 0 Å². The van der Waals surface area contributed by atoms with Gasteiger partial charge in [0.05, 0.1) is 5.69 Å². The minimum atomic E-state index is 1.15. The Kier molecular flexibility index (Phi) is 2.27. The van der Waals surface area contributed by atoms with Crippen LogP contribution in [-0.4, -0.2) is 42.7 Å². The molecule has 3 heteroatoms. The average Bonchev–Trinajstić information content (AvgIpc) is 2.53. The van der Waals surface area contributed by atoms with Crippen LogP contribution < -0.4 is 4.90 Å². The van der Waals surface area contributed by atoms with Crippen molar-refractivity contribution in [3.63, 3.8) is 0 Å². The molecule has 1 fully saturated rings. The number of hydrogen-bond donors (Lipinski definition) is 0. The summed E-state index contributed by atoms with van der Waals surface area (Å²) in [6.45, 7) is 4.66. The van der Waals surface area contributed by atoms with E-state index in [1.165, 1.54) is 18.8 Å². The van der Waals surface area contributed by atoms with Crippen LogP contribution in [0.15, 0.2) is 18.5 Å². The first-order valence-electron chi connectivity index (χ1n) is 4.81. The summed E-state index contributed by atoms with van der Waals surface area (Å²) in [5.41, 5.74) is 1.36. The second-order valence-corrected chi connectivity index (χ2v) is 3.83. The number of nitrogens with zero attached hydrogens (tertiary/aromatic N) is 3. The van der Waals surface area contributed by atoms with E-state index in [9.17, 15) is 0 Å². The van der Waals surface area contributed by atoms with E-state index in [2.05, 4.69) is 46.9 Å². The Balaban J connectivity index is 2.02. The summed E-state index contributed by atoms with van der Waals surface area (Å²) in [6.07, 6.45) is 4.29. The van der Waals surface area contributed by atoms with E-state index >= 15 is 0 Å². The van der Waals surface area contributed by atoms with E-state index < -0.39 is 0 Å². The Labute approximate surface area is 79.6 Å². The van der Waals surface area contributed by atoms with Gasteiger partial charge in [0.1, 0.15) is 0 Å². The second-order valence-electron chi connectivity index (χ2n) is 3.83. The van der Waals surface area contributed by atoms with Crippen molar-refractivity contribution in [2.24, 2.45) is 7.05 Å². The summed E-state index contributed by atoms with van der Waals surface area (Å²) in [7, 11) is 4.25. The number of hydrogen-bond acceptors (Lipinski definition) is 2. The van der Waals surface area contributed by atoms with Crippen molar-refractivity contribution in [3.05, 3.63) is 18.5 Å². The van der Waals surface area contributed by atoms with Gasteiger partial charge in [0.15, 0.2) is 0 Å². The summed E-state index contributed by atoms with van der Waals surface area (Å²) in [6, 6.07) is 2.19. The molecule has 0 N–H and O–H groups in total. The van der Waals surface area contributed by atoms with Crippen molar-refractivity contribution in [1.29, 1.82) is 0 Å². The Bertz CT molecular complexity index is 271. The van der Waals surface area contributed by atoms with Gasteiger partial charge in [0.2, 0.25) is 0 Å². The minimum Gasteiger partial charge on any atom is -0.368 e. The van der Waals surface area contributed by atoms with Crippen LogP contribution in [0.25, 0.3) is 0 Å². The molecule has 1 aliphatic heterocycles. The predicted molar refractivity (Wildman–Crippen MR) is 55.1 cm³/mol. The molecule has 3 nitrogen and oxygen atoms in total. The van der Waals surface area contributed by atoms with Gasteiger partial charge in [-0.15, -0.1) is 0 Å². The molecule has 0 bridgehead atoms. The fraction of sp³-hybridized carbons (Fsp3) is 0.600. The van der Waals surface area contributed by atoms with Crippen LogP contribution in [0.1, 0.15) is 0 Å². The van der Waals surface area contributed by atoms with E-state index in [1.54, 1.807) is 0 Å². The highest BCUT2D eigenvalue weighted by molar-refractivity contribution is 5.45. The van der Waals surface area contributed by atoms with Crippen LogP contribution in [0.3, 0.4) is 0 Å². The summed E-state index contributed by atoms with van der Waals surface area (Å²) in [5.74, 6) is 0. The maximum atomic E-state index is 2.44. The van der Waals surface area contributed by atoms with Gasteiger partial charge in [-0.3, -0.25) is 0 Å². The largest absolute Gasteiger partial charge is 0.368 e. The van der Waals surface area contributed by atoms with E-state index in [4.69, 9.17) is 0 Å². The zero-order chi connectivity index (χ0) is 9.26. The highest BCUT2D eigenvalue weighted by Gasteiger charge is 2.14. The van der Waals surface area contributed by atoms with Gasteiger partial charge in [-0.1, -0.05) is 0 Å². The van der Waals surface area contributed by atoms with Crippen LogP contribution in [0, 0.1) is 0 Å². The highest BCUT2D eigenvalue weighted by Crippen LogP contribution is 2.15. The van der Waals surface area contributed by atoms with Crippen LogP contribution in [-0.2, 0) is 7.05 Å². The number of rotatable bonds is 1. The predicted octanol–water partition coefficient (Wildman–Crippen LogP) is 0.777. The fourth-order valence-electron chi connectivity index (χ4n) is 1.74. The third-order valence-corrected chi connectivity index (χ3v) is 2.68. The van der Waals surface area contributed by atoms with E-state index in [0.29, 0.717) is 0 Å². The molecule has 0 aliphatic carbocycles. The van der Waals surface area contributed by atoms with Crippen molar-refractivity contribution < 1.29 is 0 Å². The molecule has 0 saturated carbocycles. The Morgan fingerprint density at radius 1 is 1.08 bits per heavy atom. The van der Waals surface area contributed by atoms with Gasteiger partial charge in [-0.25, -0.2) is 0 Å². The van der Waals surface area contributed by atoms with Crippen molar-refractivity contribution >= 4 is 5.69 Å². The van der Waals surface area contributed by atoms with Crippen molar-refractivity contribution in [1.82, 2.24) is 9.47 Å². The molecule has 1 saturated heterocycles. The van der Waals surface area contributed by atoms with Gasteiger partial charge in [0.25, 0.3) is 0 Å². The molecule has 1 aromatic rings. The second kappa shape index (κ2) is 3.42. The zero-order valence-electron chi connectivity index (χ0n) is 8.40. The minimum absolute atomic E-state index is 1.15. The molecule has 72 valence electrons. The molecule has 2 heterocycles. The lowest BCUT2D eigenvalue weighted by atomic mass is 10.3. The molecule has 0 unspecified atom stereocenters. The number of piperazine rings is 1. The van der Waals surface area contributed by atoms with E-state index in [1.807, 2.05) is 0 Å². The third kappa shape index (κ3) is 1.86. The summed E-state index contributed by atoms with van der Waals surface area (Å²) < 4.78 is 2.10. The maximum absolute atomic E-state index is 2.44. The van der Waals surface area contributed by atoms with Gasteiger partial charge >= 0.3 is 0 Å². The third-order valence-electron chi connectivity index (χ3n) is 2.68. The van der Waals surface area contributed by atoms with Gasteiger partial charge in [-0.05, 0) is 13.1 Å². The number of likely N-dealkylation sites (N-methyl/N-ethyl adjacent to an activating group) is 1. The molecule has 0 radical (unpaired) electrons. The first-order chi connectivity index (χ1) is 6.25. The van der Waals surface area contributed by atoms with Gasteiger partial charge < -0.3 is 14.4 Å². The molecule has 0 spiro atoms. The SMILES string of the molecule is CN1CCN(c2ccn(C)c2)CC1. The maximum Gasteiger partial charge on any atom is 0.0546 e. The number of aromatic nitrogens is 1. The normalized spacial score (nSPS) is 19.4. The van der Waals surface area contributed by atoms with Crippen LogP contribution in [0.4, 0.5) is 5.69 Å². The molecular formula is C10H17N3. The van der Waals surface area contributed by atoms with Crippen LogP contribution in [0.2, 0.25) is 0 Å². The molecular weight excluding hydrogens is 162 g/mol. The molecule has 1 aromatic heterocycles. The van der Waals surface area contributed by atoms with E-state index in [0.717, 1.165) is 13.1 Å². The molecule has 13 heavy (non-hydrogen) atoms. The fourth-order valence-corrected chi connectivity index (χ4v) is 1.74. The van der Waals surface area contributed by atoms with E-state index in [-0.39, 0.29) is 0 Å². The smallest absolute Gasteiger partial charge is 0.0546 e.